The van der Waals surface area contributed by atoms with Crippen LogP contribution < -0.4 is 4.90 Å². The quantitative estimate of drug-likeness (QED) is 0.159. The monoisotopic (exact) mass is 752 g/mol. The molecule has 0 aliphatic heterocycles. The molecule has 10 aromatic carbocycles. The highest BCUT2D eigenvalue weighted by molar-refractivity contribution is 6.29. The van der Waals surface area contributed by atoms with E-state index in [1.54, 1.807) is 0 Å². The summed E-state index contributed by atoms with van der Waals surface area (Å²) in [5.74, 6) is 0. The van der Waals surface area contributed by atoms with Gasteiger partial charge in [-0.1, -0.05) is 147 Å². The summed E-state index contributed by atoms with van der Waals surface area (Å²) < 4.78 is 2.51. The van der Waals surface area contributed by atoms with E-state index < -0.39 is 0 Å². The maximum absolute atomic E-state index is 2.51. The minimum Gasteiger partial charge on any atom is -0.311 e. The van der Waals surface area contributed by atoms with E-state index in [1.165, 1.54) is 87.5 Å². The maximum atomic E-state index is 2.51. The molecule has 1 aliphatic carbocycles. The van der Waals surface area contributed by atoms with Gasteiger partial charge in [-0.25, -0.2) is 0 Å². The number of rotatable bonds is 5. The molecule has 0 bridgehead atoms. The summed E-state index contributed by atoms with van der Waals surface area (Å²) in [5.41, 5.74) is 14.7. The van der Waals surface area contributed by atoms with E-state index in [0.29, 0.717) is 0 Å². The number of aromatic nitrogens is 1. The normalized spacial score (nSPS) is 13.1. The number of hydrogen-bond donors (Lipinski definition) is 0. The molecule has 0 saturated carbocycles. The summed E-state index contributed by atoms with van der Waals surface area (Å²) in [7, 11) is 0. The Labute approximate surface area is 343 Å². The first-order chi connectivity index (χ1) is 29.0. The Kier molecular flexibility index (Phi) is 7.31. The second-order valence-electron chi connectivity index (χ2n) is 16.5. The molecule has 2 nitrogen and oxygen atoms in total. The van der Waals surface area contributed by atoms with Crippen molar-refractivity contribution in [3.05, 3.63) is 217 Å². The van der Waals surface area contributed by atoms with Gasteiger partial charge >= 0.3 is 0 Å². The van der Waals surface area contributed by atoms with Crippen LogP contribution in [-0.2, 0) is 5.41 Å². The molecule has 0 radical (unpaired) electrons. The van der Waals surface area contributed by atoms with E-state index >= 15 is 0 Å². The summed E-state index contributed by atoms with van der Waals surface area (Å²) in [6, 6.07) is 76.0. The van der Waals surface area contributed by atoms with Gasteiger partial charge in [0.1, 0.15) is 0 Å². The van der Waals surface area contributed by atoms with Gasteiger partial charge in [0.25, 0.3) is 0 Å². The van der Waals surface area contributed by atoms with Gasteiger partial charge in [-0.3, -0.25) is 0 Å². The van der Waals surface area contributed by atoms with Crippen LogP contribution in [0.15, 0.2) is 206 Å². The Morgan fingerprint density at radius 2 is 0.814 bits per heavy atom. The largest absolute Gasteiger partial charge is 0.311 e. The van der Waals surface area contributed by atoms with Crippen LogP contribution in [0.3, 0.4) is 0 Å². The van der Waals surface area contributed by atoms with Crippen molar-refractivity contribution < 1.29 is 0 Å². The Morgan fingerprint density at radius 1 is 0.339 bits per heavy atom. The number of benzene rings is 10. The lowest BCUT2D eigenvalue weighted by Gasteiger charge is -2.26. The van der Waals surface area contributed by atoms with Crippen LogP contribution in [0.2, 0.25) is 0 Å². The van der Waals surface area contributed by atoms with E-state index in [-0.39, 0.29) is 5.41 Å². The van der Waals surface area contributed by atoms with E-state index in [1.807, 2.05) is 0 Å². The molecule has 0 saturated heterocycles. The molecule has 278 valence electrons. The summed E-state index contributed by atoms with van der Waals surface area (Å²) in [6.07, 6.45) is 0. The average Bonchev–Trinajstić information content (AvgIpc) is 3.73. The van der Waals surface area contributed by atoms with Crippen LogP contribution in [0, 0.1) is 0 Å². The molecular weight excluding hydrogens is 713 g/mol. The lowest BCUT2D eigenvalue weighted by Crippen LogP contribution is -2.15. The van der Waals surface area contributed by atoms with Crippen molar-refractivity contribution in [2.75, 3.05) is 4.90 Å². The smallest absolute Gasteiger partial charge is 0.0547 e. The van der Waals surface area contributed by atoms with Crippen LogP contribution in [0.1, 0.15) is 25.0 Å². The summed E-state index contributed by atoms with van der Waals surface area (Å²) in [6.45, 7) is 4.75. The van der Waals surface area contributed by atoms with E-state index in [2.05, 4.69) is 230 Å². The van der Waals surface area contributed by atoms with Crippen molar-refractivity contribution >= 4 is 71.2 Å². The predicted octanol–water partition coefficient (Wildman–Crippen LogP) is 15.7. The molecule has 0 unspecified atom stereocenters. The predicted molar refractivity (Wildman–Crippen MR) is 251 cm³/mol. The van der Waals surface area contributed by atoms with E-state index in [4.69, 9.17) is 0 Å². The molecule has 0 spiro atoms. The molecule has 0 atom stereocenters. The second-order valence-corrected chi connectivity index (χ2v) is 16.5. The van der Waals surface area contributed by atoms with Gasteiger partial charge < -0.3 is 9.47 Å². The van der Waals surface area contributed by atoms with Crippen LogP contribution in [0.25, 0.3) is 82.1 Å². The Bertz CT molecular complexity index is 3430. The first kappa shape index (κ1) is 33.7. The first-order valence-corrected chi connectivity index (χ1v) is 20.6. The Morgan fingerprint density at radius 3 is 1.47 bits per heavy atom. The van der Waals surface area contributed by atoms with Crippen molar-refractivity contribution in [1.82, 2.24) is 4.57 Å². The van der Waals surface area contributed by atoms with Gasteiger partial charge in [0.2, 0.25) is 0 Å². The highest BCUT2D eigenvalue weighted by Crippen LogP contribution is 2.51. The van der Waals surface area contributed by atoms with Gasteiger partial charge in [0, 0.05) is 38.9 Å². The topological polar surface area (TPSA) is 8.17 Å². The van der Waals surface area contributed by atoms with Gasteiger partial charge in [-0.2, -0.15) is 0 Å². The van der Waals surface area contributed by atoms with Crippen LogP contribution in [0.4, 0.5) is 17.1 Å². The maximum Gasteiger partial charge on any atom is 0.0547 e. The molecule has 1 heterocycles. The Balaban J connectivity index is 1.09. The zero-order chi connectivity index (χ0) is 39.2. The van der Waals surface area contributed by atoms with Gasteiger partial charge in [-0.15, -0.1) is 0 Å². The molecule has 59 heavy (non-hydrogen) atoms. The van der Waals surface area contributed by atoms with Crippen molar-refractivity contribution in [2.24, 2.45) is 0 Å². The zero-order valence-electron chi connectivity index (χ0n) is 33.0. The molecule has 1 aliphatic rings. The third-order valence-electron chi connectivity index (χ3n) is 12.9. The van der Waals surface area contributed by atoms with Crippen LogP contribution >= 0.6 is 0 Å². The standard InChI is InChI=1S/C57H40N2/c1-57(2)53-24-14-13-23-47(53)50-34-52-51-33-48-45-21-11-9-19-43(45)44-20-10-12-22-46(44)49(48)35-55(51)59(56(52)36-54(50)57)42-31-29-41(30-32-42)58(39-17-7-4-8-18-39)40-27-25-38(26-28-40)37-15-5-3-6-16-37/h3-36H,1-2H3. The number of fused-ring (bicyclic) bond motifs is 12. The summed E-state index contributed by atoms with van der Waals surface area (Å²) in [4.78, 5) is 2.35. The number of nitrogens with zero attached hydrogens (tertiary/aromatic N) is 2. The fourth-order valence-electron chi connectivity index (χ4n) is 10.1. The molecule has 0 fully saturated rings. The number of hydrogen-bond acceptors (Lipinski definition) is 1. The molecule has 2 heteroatoms. The molecular formula is C57H40N2. The van der Waals surface area contributed by atoms with Gasteiger partial charge in [-0.05, 0) is 138 Å². The van der Waals surface area contributed by atoms with Crippen LogP contribution in [0.5, 0.6) is 0 Å². The summed E-state index contributed by atoms with van der Waals surface area (Å²) >= 11 is 0. The van der Waals surface area contributed by atoms with E-state index in [9.17, 15) is 0 Å². The van der Waals surface area contributed by atoms with Gasteiger partial charge in [0.05, 0.1) is 11.0 Å². The zero-order valence-corrected chi connectivity index (χ0v) is 33.0. The minimum absolute atomic E-state index is 0.116. The first-order valence-electron chi connectivity index (χ1n) is 20.6. The average molecular weight is 753 g/mol. The minimum atomic E-state index is -0.116. The van der Waals surface area contributed by atoms with E-state index in [0.717, 1.165) is 22.7 Å². The molecule has 1 aromatic heterocycles. The third-order valence-corrected chi connectivity index (χ3v) is 12.9. The molecule has 11 aromatic rings. The second kappa shape index (κ2) is 12.8. The van der Waals surface area contributed by atoms with Crippen molar-refractivity contribution in [1.29, 1.82) is 0 Å². The lowest BCUT2D eigenvalue weighted by atomic mass is 9.82. The van der Waals surface area contributed by atoms with Crippen molar-refractivity contribution in [3.63, 3.8) is 0 Å². The van der Waals surface area contributed by atoms with Crippen molar-refractivity contribution in [2.45, 2.75) is 19.3 Å². The number of anilines is 3. The van der Waals surface area contributed by atoms with Crippen molar-refractivity contribution in [3.8, 4) is 27.9 Å². The molecule has 0 amide bonds. The fraction of sp³-hybridized carbons (Fsp3) is 0.0526. The number of para-hydroxylation sites is 1. The Hall–Kier alpha value is -7.42. The lowest BCUT2D eigenvalue weighted by molar-refractivity contribution is 0.661. The van der Waals surface area contributed by atoms with Crippen LogP contribution in [-0.4, -0.2) is 4.57 Å². The van der Waals surface area contributed by atoms with Gasteiger partial charge in [0.15, 0.2) is 0 Å². The fourth-order valence-corrected chi connectivity index (χ4v) is 10.1. The third kappa shape index (κ3) is 5.06. The highest BCUT2D eigenvalue weighted by atomic mass is 15.1. The summed E-state index contributed by atoms with van der Waals surface area (Å²) in [5, 5.41) is 10.3. The SMILES string of the molecule is CC1(C)c2ccccc2-c2cc3c4cc5c6ccccc6c6ccccc6c5cc4n(-c4ccc(N(c5ccccc5)c5ccc(-c6ccccc6)cc5)cc4)c3cc21. The molecule has 0 N–H and O–H groups in total. The highest BCUT2D eigenvalue weighted by Gasteiger charge is 2.36. The molecule has 12 rings (SSSR count).